The molecular weight excluding hydrogens is 198 g/mol. The van der Waals surface area contributed by atoms with E-state index in [9.17, 15) is 0 Å². The van der Waals surface area contributed by atoms with Crippen molar-refractivity contribution in [2.75, 3.05) is 33.2 Å². The first kappa shape index (κ1) is 13.9. The highest BCUT2D eigenvalue weighted by molar-refractivity contribution is 4.84. The summed E-state index contributed by atoms with van der Waals surface area (Å²) >= 11 is 0. The van der Waals surface area contributed by atoms with Crippen molar-refractivity contribution in [3.05, 3.63) is 0 Å². The Morgan fingerprint density at radius 3 is 2.50 bits per heavy atom. The number of rotatable bonds is 5. The van der Waals surface area contributed by atoms with Crippen LogP contribution in [-0.4, -0.2) is 61.2 Å². The van der Waals surface area contributed by atoms with E-state index in [0.717, 1.165) is 6.54 Å². The predicted molar refractivity (Wildman–Crippen MR) is 70.9 cm³/mol. The molecule has 1 fully saturated rings. The lowest BCUT2D eigenvalue weighted by molar-refractivity contribution is 0.0584. The summed E-state index contributed by atoms with van der Waals surface area (Å²) in [5, 5.41) is 3.57. The van der Waals surface area contributed by atoms with E-state index in [1.807, 2.05) is 0 Å². The minimum absolute atomic E-state index is 0.594. The van der Waals surface area contributed by atoms with Crippen LogP contribution in [0.4, 0.5) is 0 Å². The third kappa shape index (κ3) is 4.04. The average molecular weight is 227 g/mol. The van der Waals surface area contributed by atoms with Crippen LogP contribution in [0.15, 0.2) is 0 Å². The van der Waals surface area contributed by atoms with Crippen molar-refractivity contribution in [3.8, 4) is 0 Å². The van der Waals surface area contributed by atoms with E-state index in [4.69, 9.17) is 0 Å². The van der Waals surface area contributed by atoms with Crippen LogP contribution in [0.2, 0.25) is 0 Å². The molecule has 0 aromatic heterocycles. The van der Waals surface area contributed by atoms with Crippen LogP contribution in [0, 0.1) is 0 Å². The van der Waals surface area contributed by atoms with Gasteiger partial charge in [-0.15, -0.1) is 0 Å². The molecule has 0 saturated carbocycles. The van der Waals surface area contributed by atoms with E-state index >= 15 is 0 Å². The summed E-state index contributed by atoms with van der Waals surface area (Å²) in [5.41, 5.74) is 0. The van der Waals surface area contributed by atoms with Crippen molar-refractivity contribution in [3.63, 3.8) is 0 Å². The fraction of sp³-hybridized carbons (Fsp3) is 1.00. The van der Waals surface area contributed by atoms with Gasteiger partial charge in [-0.3, -0.25) is 4.90 Å². The van der Waals surface area contributed by atoms with Gasteiger partial charge < -0.3 is 10.2 Å². The summed E-state index contributed by atoms with van der Waals surface area (Å²) < 4.78 is 0. The molecule has 0 radical (unpaired) electrons. The van der Waals surface area contributed by atoms with Gasteiger partial charge in [-0.05, 0) is 20.4 Å². The smallest absolute Gasteiger partial charge is 0.0222 e. The zero-order valence-corrected chi connectivity index (χ0v) is 11.7. The molecule has 0 spiro atoms. The summed E-state index contributed by atoms with van der Waals surface area (Å²) in [4.78, 5) is 5.11. The summed E-state index contributed by atoms with van der Waals surface area (Å²) in [6, 6.07) is 1.99. The molecule has 0 bridgehead atoms. The van der Waals surface area contributed by atoms with Gasteiger partial charge in [-0.25, -0.2) is 0 Å². The topological polar surface area (TPSA) is 18.5 Å². The highest BCUT2D eigenvalue weighted by Crippen LogP contribution is 2.14. The highest BCUT2D eigenvalue weighted by Gasteiger charge is 2.26. The molecule has 1 aliphatic heterocycles. The maximum Gasteiger partial charge on any atom is 0.0222 e. The lowest BCUT2D eigenvalue weighted by Crippen LogP contribution is -2.56. The Hall–Kier alpha value is -0.120. The Morgan fingerprint density at radius 2 is 2.00 bits per heavy atom. The van der Waals surface area contributed by atoms with Crippen LogP contribution >= 0.6 is 0 Å². The van der Waals surface area contributed by atoms with Gasteiger partial charge in [0.25, 0.3) is 0 Å². The summed E-state index contributed by atoms with van der Waals surface area (Å²) in [7, 11) is 2.22. The summed E-state index contributed by atoms with van der Waals surface area (Å²) in [5.74, 6) is 0. The third-order valence-corrected chi connectivity index (χ3v) is 3.58. The van der Waals surface area contributed by atoms with Gasteiger partial charge in [0, 0.05) is 44.3 Å². The van der Waals surface area contributed by atoms with Gasteiger partial charge in [0.15, 0.2) is 0 Å². The molecule has 1 heterocycles. The van der Waals surface area contributed by atoms with Gasteiger partial charge in [0.05, 0.1) is 0 Å². The van der Waals surface area contributed by atoms with Gasteiger partial charge in [0.2, 0.25) is 0 Å². The third-order valence-electron chi connectivity index (χ3n) is 3.58. The Bertz CT molecular complexity index is 194. The van der Waals surface area contributed by atoms with Crippen LogP contribution in [0.25, 0.3) is 0 Å². The van der Waals surface area contributed by atoms with E-state index in [2.05, 4.69) is 49.9 Å². The Balaban J connectivity index is 2.45. The minimum atomic E-state index is 0.594. The van der Waals surface area contributed by atoms with Crippen LogP contribution in [0.1, 0.15) is 34.1 Å². The average Bonchev–Trinajstić information content (AvgIpc) is 2.21. The lowest BCUT2D eigenvalue weighted by Gasteiger charge is -2.43. The molecule has 3 nitrogen and oxygen atoms in total. The molecule has 16 heavy (non-hydrogen) atoms. The molecule has 96 valence electrons. The fourth-order valence-electron chi connectivity index (χ4n) is 2.56. The quantitative estimate of drug-likeness (QED) is 0.766. The SMILES string of the molecule is CCC(CNC(C)C)N1CCN(C)CC1C. The van der Waals surface area contributed by atoms with Gasteiger partial charge in [-0.1, -0.05) is 20.8 Å². The number of hydrogen-bond donors (Lipinski definition) is 1. The maximum atomic E-state index is 3.57. The minimum Gasteiger partial charge on any atom is -0.313 e. The molecular formula is C13H29N3. The van der Waals surface area contributed by atoms with E-state index in [1.165, 1.54) is 26.1 Å². The monoisotopic (exact) mass is 227 g/mol. The van der Waals surface area contributed by atoms with E-state index in [0.29, 0.717) is 18.1 Å². The van der Waals surface area contributed by atoms with E-state index in [-0.39, 0.29) is 0 Å². The zero-order chi connectivity index (χ0) is 12.1. The second-order valence-corrected chi connectivity index (χ2v) is 5.47. The first-order valence-electron chi connectivity index (χ1n) is 6.72. The number of piperazine rings is 1. The largest absolute Gasteiger partial charge is 0.313 e. The Labute approximate surface area is 101 Å². The molecule has 1 N–H and O–H groups in total. The van der Waals surface area contributed by atoms with Crippen LogP contribution in [-0.2, 0) is 0 Å². The molecule has 3 heteroatoms. The fourth-order valence-corrected chi connectivity index (χ4v) is 2.56. The van der Waals surface area contributed by atoms with Gasteiger partial charge >= 0.3 is 0 Å². The molecule has 2 unspecified atom stereocenters. The first-order chi connectivity index (χ1) is 7.54. The second kappa shape index (κ2) is 6.58. The standard InChI is InChI=1S/C13H29N3/c1-6-13(9-14-11(2)3)16-8-7-15(5)10-12(16)4/h11-14H,6-10H2,1-5H3. The predicted octanol–water partition coefficient (Wildman–Crippen LogP) is 1.40. The van der Waals surface area contributed by atoms with E-state index < -0.39 is 0 Å². The van der Waals surface area contributed by atoms with Crippen LogP contribution in [0.3, 0.4) is 0 Å². The molecule has 1 aliphatic rings. The molecule has 0 aliphatic carbocycles. The van der Waals surface area contributed by atoms with Crippen molar-refractivity contribution < 1.29 is 0 Å². The molecule has 0 aromatic rings. The molecule has 1 rings (SSSR count). The number of nitrogens with one attached hydrogen (secondary N) is 1. The normalized spacial score (nSPS) is 26.2. The van der Waals surface area contributed by atoms with Crippen molar-refractivity contribution in [1.82, 2.24) is 15.1 Å². The van der Waals surface area contributed by atoms with Crippen molar-refractivity contribution >= 4 is 0 Å². The second-order valence-electron chi connectivity index (χ2n) is 5.47. The van der Waals surface area contributed by atoms with Gasteiger partial charge in [-0.2, -0.15) is 0 Å². The number of nitrogens with zero attached hydrogens (tertiary/aromatic N) is 2. The summed E-state index contributed by atoms with van der Waals surface area (Å²) in [6.07, 6.45) is 1.24. The maximum absolute atomic E-state index is 3.57. The van der Waals surface area contributed by atoms with E-state index in [1.54, 1.807) is 0 Å². The molecule has 1 saturated heterocycles. The molecule has 2 atom stereocenters. The number of hydrogen-bond acceptors (Lipinski definition) is 3. The van der Waals surface area contributed by atoms with Crippen LogP contribution in [0.5, 0.6) is 0 Å². The van der Waals surface area contributed by atoms with Crippen LogP contribution < -0.4 is 5.32 Å². The first-order valence-corrected chi connectivity index (χ1v) is 6.72. The van der Waals surface area contributed by atoms with Crippen molar-refractivity contribution in [2.45, 2.75) is 52.2 Å². The Morgan fingerprint density at radius 1 is 1.31 bits per heavy atom. The molecule has 0 aromatic carbocycles. The molecule has 0 amide bonds. The Kier molecular flexibility index (Phi) is 5.73. The lowest BCUT2D eigenvalue weighted by atomic mass is 10.1. The zero-order valence-electron chi connectivity index (χ0n) is 11.7. The van der Waals surface area contributed by atoms with Crippen molar-refractivity contribution in [1.29, 1.82) is 0 Å². The highest BCUT2D eigenvalue weighted by atomic mass is 15.3. The summed E-state index contributed by atoms with van der Waals surface area (Å²) in [6.45, 7) is 13.9. The van der Waals surface area contributed by atoms with Crippen molar-refractivity contribution in [2.24, 2.45) is 0 Å². The van der Waals surface area contributed by atoms with Gasteiger partial charge in [0.1, 0.15) is 0 Å². The number of likely N-dealkylation sites (N-methyl/N-ethyl adjacent to an activating group) is 1.